The van der Waals surface area contributed by atoms with Crippen LogP contribution in [0.15, 0.2) is 11.1 Å². The van der Waals surface area contributed by atoms with Crippen LogP contribution in [0.3, 0.4) is 0 Å². The zero-order chi connectivity index (χ0) is 14.5. The van der Waals surface area contributed by atoms with E-state index in [0.717, 1.165) is 30.2 Å². The second kappa shape index (κ2) is 7.09. The summed E-state index contributed by atoms with van der Waals surface area (Å²) < 4.78 is 5.39. The summed E-state index contributed by atoms with van der Waals surface area (Å²) in [7, 11) is 3.29. The molecule has 0 radical (unpaired) electrons. The number of hydrogen-bond acceptors (Lipinski definition) is 3. The van der Waals surface area contributed by atoms with Gasteiger partial charge in [0.15, 0.2) is 0 Å². The summed E-state index contributed by atoms with van der Waals surface area (Å²) >= 11 is 0. The van der Waals surface area contributed by atoms with E-state index in [0.29, 0.717) is 6.61 Å². The van der Waals surface area contributed by atoms with Gasteiger partial charge in [0.25, 0.3) is 0 Å². The maximum atomic E-state index is 11.8. The van der Waals surface area contributed by atoms with Crippen molar-refractivity contribution in [3.8, 4) is 0 Å². The first kappa shape index (κ1) is 15.3. The minimum Gasteiger partial charge on any atom is -0.380 e. The molecule has 0 heterocycles. The summed E-state index contributed by atoms with van der Waals surface area (Å²) in [5, 5.41) is 4.15. The minimum atomic E-state index is -0.226. The smallest absolute Gasteiger partial charge is 0.331 e. The molecule has 1 unspecified atom stereocenters. The lowest BCUT2D eigenvalue weighted by Gasteiger charge is -2.24. The van der Waals surface area contributed by atoms with Crippen molar-refractivity contribution in [1.29, 1.82) is 0 Å². The fourth-order valence-electron chi connectivity index (χ4n) is 2.94. The zero-order valence-electron chi connectivity index (χ0n) is 12.7. The van der Waals surface area contributed by atoms with Gasteiger partial charge in [-0.3, -0.25) is 5.01 Å². The molecule has 2 aliphatic carbocycles. The van der Waals surface area contributed by atoms with E-state index < -0.39 is 0 Å². The molecule has 0 bridgehead atoms. The molecule has 0 aliphatic heterocycles. The number of hydrogen-bond donors (Lipinski definition) is 2. The minimum absolute atomic E-state index is 0.0738. The predicted molar refractivity (Wildman–Crippen MR) is 79.0 cm³/mol. The SMILES string of the molecule is COCC1=C(CC2CC2)CCCCC1NC(=O)N(C)N. The number of methoxy groups -OCH3 is 1. The third-order valence-electron chi connectivity index (χ3n) is 4.25. The normalized spacial score (nSPS) is 23.4. The summed E-state index contributed by atoms with van der Waals surface area (Å²) in [5.41, 5.74) is 2.80. The van der Waals surface area contributed by atoms with Crippen molar-refractivity contribution in [1.82, 2.24) is 10.3 Å². The van der Waals surface area contributed by atoms with E-state index in [9.17, 15) is 4.79 Å². The highest BCUT2D eigenvalue weighted by Crippen LogP contribution is 2.39. The van der Waals surface area contributed by atoms with Crippen molar-refractivity contribution in [2.75, 3.05) is 20.8 Å². The number of amides is 2. The van der Waals surface area contributed by atoms with E-state index >= 15 is 0 Å². The standard InChI is InChI=1S/C15H27N3O2/c1-18(16)15(19)17-14-6-4-3-5-12(9-11-7-8-11)13(14)10-20-2/h11,14H,3-10,16H2,1-2H3,(H,17,19). The Hall–Kier alpha value is -1.07. The van der Waals surface area contributed by atoms with Crippen LogP contribution in [0, 0.1) is 5.92 Å². The molecule has 1 atom stereocenters. The Labute approximate surface area is 121 Å². The molecule has 3 N–H and O–H groups in total. The van der Waals surface area contributed by atoms with Crippen molar-refractivity contribution in [2.45, 2.75) is 51.0 Å². The van der Waals surface area contributed by atoms with Gasteiger partial charge in [0, 0.05) is 14.2 Å². The van der Waals surface area contributed by atoms with Crippen LogP contribution in [0.2, 0.25) is 0 Å². The molecule has 2 amide bonds. The Bertz CT molecular complexity index is 375. The van der Waals surface area contributed by atoms with Crippen LogP contribution in [0.25, 0.3) is 0 Å². The molecule has 0 aromatic carbocycles. The number of hydrazine groups is 1. The predicted octanol–water partition coefficient (Wildman–Crippen LogP) is 2.19. The third kappa shape index (κ3) is 4.21. The lowest BCUT2D eigenvalue weighted by atomic mass is 9.96. The Balaban J connectivity index is 2.13. The Kier molecular flexibility index (Phi) is 5.43. The van der Waals surface area contributed by atoms with Crippen molar-refractivity contribution in [3.63, 3.8) is 0 Å². The van der Waals surface area contributed by atoms with Crippen LogP contribution in [0.4, 0.5) is 4.79 Å². The fourth-order valence-corrected chi connectivity index (χ4v) is 2.94. The highest BCUT2D eigenvalue weighted by Gasteiger charge is 2.28. The second-order valence-corrected chi connectivity index (χ2v) is 6.07. The first-order valence-corrected chi connectivity index (χ1v) is 7.60. The van der Waals surface area contributed by atoms with E-state index in [1.54, 1.807) is 14.2 Å². The molecule has 2 aliphatic rings. The molecule has 2 rings (SSSR count). The average molecular weight is 281 g/mol. The van der Waals surface area contributed by atoms with Crippen LogP contribution in [0.5, 0.6) is 0 Å². The summed E-state index contributed by atoms with van der Waals surface area (Å²) in [6, 6.07) is -0.152. The van der Waals surface area contributed by atoms with Gasteiger partial charge in [0.2, 0.25) is 0 Å². The van der Waals surface area contributed by atoms with E-state index in [1.807, 2.05) is 0 Å². The van der Waals surface area contributed by atoms with E-state index in [-0.39, 0.29) is 12.1 Å². The summed E-state index contributed by atoms with van der Waals surface area (Å²) in [6.45, 7) is 0.612. The molecule has 1 fully saturated rings. The number of nitrogens with two attached hydrogens (primary N) is 1. The van der Waals surface area contributed by atoms with Crippen LogP contribution < -0.4 is 11.2 Å². The number of ether oxygens (including phenoxy) is 1. The Morgan fingerprint density at radius 1 is 1.40 bits per heavy atom. The van der Waals surface area contributed by atoms with Crippen molar-refractivity contribution in [2.24, 2.45) is 11.8 Å². The molecule has 5 nitrogen and oxygen atoms in total. The quantitative estimate of drug-likeness (QED) is 0.351. The fraction of sp³-hybridized carbons (Fsp3) is 0.800. The molecule has 5 heteroatoms. The van der Waals surface area contributed by atoms with Gasteiger partial charge in [-0.25, -0.2) is 10.6 Å². The van der Waals surface area contributed by atoms with Gasteiger partial charge in [0.05, 0.1) is 12.6 Å². The van der Waals surface area contributed by atoms with E-state index in [2.05, 4.69) is 5.32 Å². The van der Waals surface area contributed by atoms with Gasteiger partial charge in [-0.05, 0) is 50.0 Å². The van der Waals surface area contributed by atoms with Crippen LogP contribution in [-0.4, -0.2) is 37.8 Å². The lowest BCUT2D eigenvalue weighted by molar-refractivity contribution is 0.199. The third-order valence-corrected chi connectivity index (χ3v) is 4.25. The number of nitrogens with one attached hydrogen (secondary N) is 1. The number of nitrogens with zero attached hydrogens (tertiary/aromatic N) is 1. The highest BCUT2D eigenvalue weighted by molar-refractivity contribution is 5.74. The zero-order valence-corrected chi connectivity index (χ0v) is 12.7. The highest BCUT2D eigenvalue weighted by atomic mass is 16.5. The van der Waals surface area contributed by atoms with Gasteiger partial charge in [0.1, 0.15) is 0 Å². The van der Waals surface area contributed by atoms with Gasteiger partial charge < -0.3 is 10.1 Å². The molecular weight excluding hydrogens is 254 g/mol. The molecule has 0 saturated heterocycles. The topological polar surface area (TPSA) is 67.6 Å². The summed E-state index contributed by atoms with van der Waals surface area (Å²) in [6.07, 6.45) is 8.37. The van der Waals surface area contributed by atoms with E-state index in [4.69, 9.17) is 10.6 Å². The maximum absolute atomic E-state index is 11.8. The van der Waals surface area contributed by atoms with Crippen LogP contribution >= 0.6 is 0 Å². The number of carbonyl (C=O) groups is 1. The number of carbonyl (C=O) groups excluding carboxylic acids is 1. The van der Waals surface area contributed by atoms with Crippen molar-refractivity contribution in [3.05, 3.63) is 11.1 Å². The number of urea groups is 1. The van der Waals surface area contributed by atoms with Crippen LogP contribution in [-0.2, 0) is 4.74 Å². The van der Waals surface area contributed by atoms with Crippen molar-refractivity contribution >= 4 is 6.03 Å². The molecule has 1 saturated carbocycles. The molecular formula is C15H27N3O2. The molecule has 114 valence electrons. The average Bonchev–Trinajstić information content (AvgIpc) is 3.22. The number of rotatable bonds is 5. The molecule has 0 spiro atoms. The first-order chi connectivity index (χ1) is 9.61. The monoisotopic (exact) mass is 281 g/mol. The number of allylic oxidation sites excluding steroid dienone is 1. The van der Waals surface area contributed by atoms with Crippen LogP contribution in [0.1, 0.15) is 44.9 Å². The second-order valence-electron chi connectivity index (χ2n) is 6.07. The molecule has 20 heavy (non-hydrogen) atoms. The first-order valence-electron chi connectivity index (χ1n) is 7.60. The van der Waals surface area contributed by atoms with E-state index in [1.165, 1.54) is 36.8 Å². The largest absolute Gasteiger partial charge is 0.380 e. The van der Waals surface area contributed by atoms with Gasteiger partial charge in [-0.1, -0.05) is 12.0 Å². The Morgan fingerprint density at radius 2 is 2.15 bits per heavy atom. The summed E-state index contributed by atoms with van der Waals surface area (Å²) in [5.74, 6) is 6.38. The molecule has 0 aromatic heterocycles. The Morgan fingerprint density at radius 3 is 2.75 bits per heavy atom. The van der Waals surface area contributed by atoms with Crippen molar-refractivity contribution < 1.29 is 9.53 Å². The lowest BCUT2D eigenvalue weighted by Crippen LogP contribution is -2.47. The summed E-state index contributed by atoms with van der Waals surface area (Å²) in [4.78, 5) is 11.8. The van der Waals surface area contributed by atoms with Gasteiger partial charge in [-0.15, -0.1) is 0 Å². The van der Waals surface area contributed by atoms with Gasteiger partial charge >= 0.3 is 6.03 Å². The molecule has 0 aromatic rings. The van der Waals surface area contributed by atoms with Gasteiger partial charge in [-0.2, -0.15) is 0 Å². The maximum Gasteiger partial charge on any atom is 0.331 e.